The molecule has 0 spiro atoms. The van der Waals surface area contributed by atoms with Crippen molar-refractivity contribution in [1.82, 2.24) is 19.9 Å². The molecule has 0 aliphatic carbocycles. The van der Waals surface area contributed by atoms with E-state index in [0.29, 0.717) is 22.1 Å². The highest BCUT2D eigenvalue weighted by molar-refractivity contribution is 9.10. The Labute approximate surface area is 119 Å². The van der Waals surface area contributed by atoms with Gasteiger partial charge >= 0.3 is 0 Å². The summed E-state index contributed by atoms with van der Waals surface area (Å²) in [6, 6.07) is 0. The van der Waals surface area contributed by atoms with Crippen molar-refractivity contribution in [3.8, 4) is 11.5 Å². The first-order valence-corrected chi connectivity index (χ1v) is 6.83. The Morgan fingerprint density at radius 2 is 2.17 bits per heavy atom. The molecular formula is C12H13BrN4S. The van der Waals surface area contributed by atoms with Crippen molar-refractivity contribution in [2.45, 2.75) is 20.3 Å². The number of hydrogen-bond acceptors (Lipinski definition) is 4. The second kappa shape index (κ2) is 5.67. The van der Waals surface area contributed by atoms with Crippen LogP contribution < -0.4 is 0 Å². The highest BCUT2D eigenvalue weighted by Crippen LogP contribution is 2.21. The number of nitrogens with zero attached hydrogens (tertiary/aromatic N) is 3. The molecule has 0 amide bonds. The number of aromatic nitrogens is 4. The topological polar surface area (TPSA) is 54.5 Å². The van der Waals surface area contributed by atoms with Gasteiger partial charge in [0.1, 0.15) is 10.3 Å². The van der Waals surface area contributed by atoms with E-state index in [4.69, 9.17) is 12.2 Å². The smallest absolute Gasteiger partial charge is 0.159 e. The molecule has 0 atom stereocenters. The van der Waals surface area contributed by atoms with Gasteiger partial charge in [-0.1, -0.05) is 26.1 Å². The normalized spacial score (nSPS) is 10.9. The average molecular weight is 325 g/mol. The summed E-state index contributed by atoms with van der Waals surface area (Å²) in [5, 5.41) is 0. The van der Waals surface area contributed by atoms with Gasteiger partial charge in [0.25, 0.3) is 0 Å². The molecule has 1 N–H and O–H groups in total. The molecule has 0 radical (unpaired) electrons. The third-order valence-corrected chi connectivity index (χ3v) is 3.77. The SMILES string of the molecule is CC(C)Cc1[nH]c(-c2cnccn2)nc(=S)c1Br. The molecule has 0 aromatic carbocycles. The van der Waals surface area contributed by atoms with Crippen LogP contribution in [-0.4, -0.2) is 19.9 Å². The molecule has 0 aliphatic heterocycles. The maximum Gasteiger partial charge on any atom is 0.159 e. The van der Waals surface area contributed by atoms with Crippen LogP contribution in [0.2, 0.25) is 0 Å². The quantitative estimate of drug-likeness (QED) is 0.877. The summed E-state index contributed by atoms with van der Waals surface area (Å²) in [6.45, 7) is 4.32. The molecule has 0 unspecified atom stereocenters. The van der Waals surface area contributed by atoms with E-state index >= 15 is 0 Å². The lowest BCUT2D eigenvalue weighted by molar-refractivity contribution is 0.632. The van der Waals surface area contributed by atoms with E-state index in [2.05, 4.69) is 49.7 Å². The summed E-state index contributed by atoms with van der Waals surface area (Å²) in [7, 11) is 0. The molecule has 0 fully saturated rings. The van der Waals surface area contributed by atoms with Gasteiger partial charge in [0.15, 0.2) is 5.82 Å². The van der Waals surface area contributed by atoms with E-state index in [-0.39, 0.29) is 0 Å². The Hall–Kier alpha value is -1.14. The summed E-state index contributed by atoms with van der Waals surface area (Å²) in [4.78, 5) is 15.9. The van der Waals surface area contributed by atoms with E-state index in [9.17, 15) is 0 Å². The van der Waals surface area contributed by atoms with Crippen LogP contribution in [0.25, 0.3) is 11.5 Å². The molecule has 2 aromatic rings. The molecule has 94 valence electrons. The standard InChI is InChI=1S/C12H13BrN4S/c1-7(2)5-8-10(13)12(18)17-11(16-8)9-6-14-3-4-15-9/h3-4,6-7H,5H2,1-2H3,(H,16,17,18). The first-order valence-electron chi connectivity index (χ1n) is 5.63. The molecule has 4 nitrogen and oxygen atoms in total. The van der Waals surface area contributed by atoms with Gasteiger partial charge < -0.3 is 4.98 Å². The summed E-state index contributed by atoms with van der Waals surface area (Å²) < 4.78 is 1.41. The van der Waals surface area contributed by atoms with Crippen molar-refractivity contribution in [1.29, 1.82) is 0 Å². The van der Waals surface area contributed by atoms with Crippen molar-refractivity contribution in [3.05, 3.63) is 33.4 Å². The van der Waals surface area contributed by atoms with Crippen LogP contribution in [-0.2, 0) is 6.42 Å². The van der Waals surface area contributed by atoms with Crippen LogP contribution in [0.5, 0.6) is 0 Å². The number of hydrogen-bond donors (Lipinski definition) is 1. The van der Waals surface area contributed by atoms with Crippen molar-refractivity contribution < 1.29 is 0 Å². The Morgan fingerprint density at radius 1 is 1.39 bits per heavy atom. The van der Waals surface area contributed by atoms with Crippen LogP contribution in [0.1, 0.15) is 19.5 Å². The summed E-state index contributed by atoms with van der Waals surface area (Å²) in [5.74, 6) is 1.19. The van der Waals surface area contributed by atoms with E-state index in [0.717, 1.165) is 16.6 Å². The Morgan fingerprint density at radius 3 is 2.78 bits per heavy atom. The van der Waals surface area contributed by atoms with Gasteiger partial charge in [-0.25, -0.2) is 9.97 Å². The summed E-state index contributed by atoms with van der Waals surface area (Å²) >= 11 is 8.74. The van der Waals surface area contributed by atoms with Crippen LogP contribution in [0.15, 0.2) is 23.1 Å². The zero-order chi connectivity index (χ0) is 13.1. The zero-order valence-corrected chi connectivity index (χ0v) is 12.5. The third kappa shape index (κ3) is 3.00. The molecule has 2 rings (SSSR count). The number of aromatic amines is 1. The monoisotopic (exact) mass is 324 g/mol. The van der Waals surface area contributed by atoms with Gasteiger partial charge in [-0.3, -0.25) is 4.98 Å². The van der Waals surface area contributed by atoms with E-state index < -0.39 is 0 Å². The second-order valence-corrected chi connectivity index (χ2v) is 5.55. The molecule has 0 saturated heterocycles. The third-order valence-electron chi connectivity index (χ3n) is 2.35. The van der Waals surface area contributed by atoms with Gasteiger partial charge in [-0.2, -0.15) is 0 Å². The first-order chi connectivity index (χ1) is 8.58. The fourth-order valence-electron chi connectivity index (χ4n) is 1.60. The van der Waals surface area contributed by atoms with Gasteiger partial charge in [0.05, 0.1) is 10.7 Å². The Kier molecular flexibility index (Phi) is 4.19. The minimum absolute atomic E-state index is 0.532. The lowest BCUT2D eigenvalue weighted by atomic mass is 10.1. The molecule has 0 saturated carbocycles. The molecule has 0 bridgehead atoms. The van der Waals surface area contributed by atoms with Crippen LogP contribution >= 0.6 is 28.1 Å². The molecule has 2 aromatic heterocycles. The van der Waals surface area contributed by atoms with E-state index in [1.54, 1.807) is 18.6 Å². The predicted octanol–water partition coefficient (Wildman–Crippen LogP) is 3.56. The minimum atomic E-state index is 0.532. The van der Waals surface area contributed by atoms with Crippen molar-refractivity contribution in [3.63, 3.8) is 0 Å². The van der Waals surface area contributed by atoms with Crippen LogP contribution in [0.3, 0.4) is 0 Å². The summed E-state index contributed by atoms with van der Waals surface area (Å²) in [5.41, 5.74) is 1.74. The maximum absolute atomic E-state index is 5.25. The van der Waals surface area contributed by atoms with Crippen molar-refractivity contribution in [2.24, 2.45) is 5.92 Å². The van der Waals surface area contributed by atoms with Gasteiger partial charge in [-0.05, 0) is 28.3 Å². The number of nitrogens with one attached hydrogen (secondary N) is 1. The van der Waals surface area contributed by atoms with Gasteiger partial charge in [0.2, 0.25) is 0 Å². The van der Waals surface area contributed by atoms with E-state index in [1.807, 2.05) is 0 Å². The Bertz CT molecular complexity index is 595. The lowest BCUT2D eigenvalue weighted by Gasteiger charge is -2.10. The lowest BCUT2D eigenvalue weighted by Crippen LogP contribution is -2.03. The van der Waals surface area contributed by atoms with Gasteiger partial charge in [-0.15, -0.1) is 0 Å². The summed E-state index contributed by atoms with van der Waals surface area (Å²) in [6.07, 6.45) is 5.84. The fraction of sp³-hybridized carbons (Fsp3) is 0.333. The van der Waals surface area contributed by atoms with Crippen LogP contribution in [0, 0.1) is 10.6 Å². The predicted molar refractivity (Wildman–Crippen MR) is 76.7 cm³/mol. The zero-order valence-electron chi connectivity index (χ0n) is 10.1. The molecule has 2 heterocycles. The first kappa shape index (κ1) is 13.3. The van der Waals surface area contributed by atoms with E-state index in [1.165, 1.54) is 0 Å². The van der Waals surface area contributed by atoms with Crippen molar-refractivity contribution in [2.75, 3.05) is 0 Å². The Balaban J connectivity index is 2.51. The molecule has 18 heavy (non-hydrogen) atoms. The minimum Gasteiger partial charge on any atom is -0.341 e. The number of rotatable bonds is 3. The molecule has 0 aliphatic rings. The van der Waals surface area contributed by atoms with Gasteiger partial charge in [0, 0.05) is 18.1 Å². The highest BCUT2D eigenvalue weighted by atomic mass is 79.9. The highest BCUT2D eigenvalue weighted by Gasteiger charge is 2.10. The number of H-pyrrole nitrogens is 1. The van der Waals surface area contributed by atoms with Crippen LogP contribution in [0.4, 0.5) is 0 Å². The second-order valence-electron chi connectivity index (χ2n) is 4.37. The molecular weight excluding hydrogens is 312 g/mol. The average Bonchev–Trinajstić information content (AvgIpc) is 2.35. The van der Waals surface area contributed by atoms with Crippen molar-refractivity contribution >= 4 is 28.1 Å². The maximum atomic E-state index is 5.25. The number of halogens is 1. The fourth-order valence-corrected chi connectivity index (χ4v) is 2.16. The molecule has 6 heteroatoms. The largest absolute Gasteiger partial charge is 0.341 e.